The van der Waals surface area contributed by atoms with Crippen molar-refractivity contribution >= 4 is 15.7 Å². The second-order valence-electron chi connectivity index (χ2n) is 6.33. The fraction of sp³-hybridized carbons (Fsp3) is 0.923. The molecule has 0 aromatic carbocycles. The van der Waals surface area contributed by atoms with Gasteiger partial charge in [0.2, 0.25) is 5.91 Å². The smallest absolute Gasteiger partial charge is 0.237 e. The van der Waals surface area contributed by atoms with Crippen LogP contribution in [-0.4, -0.2) is 61.4 Å². The lowest BCUT2D eigenvalue weighted by Gasteiger charge is -2.34. The van der Waals surface area contributed by atoms with Gasteiger partial charge in [0.25, 0.3) is 0 Å². The van der Waals surface area contributed by atoms with Gasteiger partial charge in [0.15, 0.2) is 9.84 Å². The molecule has 2 atom stereocenters. The van der Waals surface area contributed by atoms with E-state index in [9.17, 15) is 13.2 Å². The highest BCUT2D eigenvalue weighted by Crippen LogP contribution is 2.34. The summed E-state index contributed by atoms with van der Waals surface area (Å²) in [5.74, 6) is 0.161. The van der Waals surface area contributed by atoms with Crippen LogP contribution >= 0.6 is 0 Å². The van der Waals surface area contributed by atoms with Crippen LogP contribution in [0.3, 0.4) is 0 Å². The first kappa shape index (κ1) is 15.7. The van der Waals surface area contributed by atoms with Crippen LogP contribution in [0.4, 0.5) is 0 Å². The summed E-state index contributed by atoms with van der Waals surface area (Å²) >= 11 is 0. The monoisotopic (exact) mass is 303 g/mol. The van der Waals surface area contributed by atoms with Crippen LogP contribution in [0.1, 0.15) is 33.1 Å². The van der Waals surface area contributed by atoms with Crippen molar-refractivity contribution in [3.05, 3.63) is 0 Å². The van der Waals surface area contributed by atoms with E-state index >= 15 is 0 Å². The summed E-state index contributed by atoms with van der Waals surface area (Å²) in [5, 5.41) is 3.32. The molecule has 2 aliphatic rings. The molecular weight excluding hydrogens is 278 g/mol. The van der Waals surface area contributed by atoms with Crippen molar-refractivity contribution in [1.29, 1.82) is 0 Å². The molecule has 0 radical (unpaired) electrons. The molecule has 2 rings (SSSR count). The SMILES string of the molecule is CC(C)NC1(C(N)=O)CCC(N2CCS(=O)(=O)CC2)C1. The first-order valence-corrected chi connectivity index (χ1v) is 9.08. The number of nitrogens with one attached hydrogen (secondary N) is 1. The Balaban J connectivity index is 2.02. The molecule has 2 fully saturated rings. The second-order valence-corrected chi connectivity index (χ2v) is 8.63. The van der Waals surface area contributed by atoms with Crippen molar-refractivity contribution in [2.75, 3.05) is 24.6 Å². The van der Waals surface area contributed by atoms with Crippen LogP contribution in [0, 0.1) is 0 Å². The Morgan fingerprint density at radius 1 is 1.35 bits per heavy atom. The maximum atomic E-state index is 11.8. The fourth-order valence-corrected chi connectivity index (χ4v) is 4.63. The van der Waals surface area contributed by atoms with E-state index in [2.05, 4.69) is 10.2 Å². The maximum Gasteiger partial charge on any atom is 0.237 e. The minimum absolute atomic E-state index is 0.197. The van der Waals surface area contributed by atoms with Crippen molar-refractivity contribution in [1.82, 2.24) is 10.2 Å². The summed E-state index contributed by atoms with van der Waals surface area (Å²) in [6, 6.07) is 0.451. The number of hydrogen-bond donors (Lipinski definition) is 2. The third-order valence-corrected chi connectivity index (χ3v) is 6.03. The molecule has 116 valence electrons. The van der Waals surface area contributed by atoms with Crippen LogP contribution in [0.5, 0.6) is 0 Å². The number of sulfone groups is 1. The molecular formula is C13H25N3O3S. The summed E-state index contributed by atoms with van der Waals surface area (Å²) in [5.41, 5.74) is 4.97. The summed E-state index contributed by atoms with van der Waals surface area (Å²) in [7, 11) is -2.86. The molecule has 1 aliphatic carbocycles. The Morgan fingerprint density at radius 2 is 1.95 bits per heavy atom. The topological polar surface area (TPSA) is 92.5 Å². The normalized spacial score (nSPS) is 34.5. The summed E-state index contributed by atoms with van der Waals surface area (Å²) in [6.45, 7) is 5.16. The minimum atomic E-state index is -2.86. The predicted octanol–water partition coefficient (Wildman–Crippen LogP) is -0.509. The number of hydrogen-bond acceptors (Lipinski definition) is 5. The first-order valence-electron chi connectivity index (χ1n) is 7.26. The van der Waals surface area contributed by atoms with E-state index in [0.717, 1.165) is 12.8 Å². The Labute approximate surface area is 121 Å². The van der Waals surface area contributed by atoms with Crippen LogP contribution < -0.4 is 11.1 Å². The summed E-state index contributed by atoms with van der Waals surface area (Å²) < 4.78 is 23.0. The minimum Gasteiger partial charge on any atom is -0.368 e. The molecule has 1 saturated carbocycles. The van der Waals surface area contributed by atoms with Gasteiger partial charge >= 0.3 is 0 Å². The van der Waals surface area contributed by atoms with Gasteiger partial charge in [0, 0.05) is 25.2 Å². The quantitative estimate of drug-likeness (QED) is 0.730. The Morgan fingerprint density at radius 3 is 2.45 bits per heavy atom. The highest BCUT2D eigenvalue weighted by Gasteiger charge is 2.46. The zero-order valence-corrected chi connectivity index (χ0v) is 13.1. The van der Waals surface area contributed by atoms with Crippen molar-refractivity contribution in [3.8, 4) is 0 Å². The molecule has 1 aliphatic heterocycles. The lowest BCUT2D eigenvalue weighted by Crippen LogP contribution is -2.57. The molecule has 1 amide bonds. The largest absolute Gasteiger partial charge is 0.368 e. The van der Waals surface area contributed by atoms with Gasteiger partial charge in [0.05, 0.1) is 17.0 Å². The van der Waals surface area contributed by atoms with Crippen molar-refractivity contribution < 1.29 is 13.2 Å². The Kier molecular flexibility index (Phi) is 4.41. The van der Waals surface area contributed by atoms with Crippen LogP contribution in [-0.2, 0) is 14.6 Å². The fourth-order valence-electron chi connectivity index (χ4n) is 3.40. The number of carbonyl (C=O) groups is 1. The predicted molar refractivity (Wildman–Crippen MR) is 78.1 cm³/mol. The Hall–Kier alpha value is -0.660. The lowest BCUT2D eigenvalue weighted by molar-refractivity contribution is -0.124. The van der Waals surface area contributed by atoms with E-state index in [-0.39, 0.29) is 29.5 Å². The third kappa shape index (κ3) is 3.32. The van der Waals surface area contributed by atoms with Gasteiger partial charge in [-0.3, -0.25) is 9.69 Å². The number of primary amides is 1. The van der Waals surface area contributed by atoms with Crippen LogP contribution in [0.25, 0.3) is 0 Å². The molecule has 1 saturated heterocycles. The van der Waals surface area contributed by atoms with E-state index in [4.69, 9.17) is 5.73 Å². The van der Waals surface area contributed by atoms with Crippen molar-refractivity contribution in [2.45, 2.75) is 50.7 Å². The number of amides is 1. The first-order chi connectivity index (χ1) is 9.24. The van der Waals surface area contributed by atoms with E-state index in [0.29, 0.717) is 19.5 Å². The molecule has 20 heavy (non-hydrogen) atoms. The molecule has 0 aromatic rings. The lowest BCUT2D eigenvalue weighted by atomic mass is 9.95. The molecule has 0 aromatic heterocycles. The van der Waals surface area contributed by atoms with E-state index in [1.165, 1.54) is 0 Å². The summed E-state index contributed by atoms with van der Waals surface area (Å²) in [4.78, 5) is 14.0. The Bertz CT molecular complexity index is 463. The van der Waals surface area contributed by atoms with E-state index in [1.54, 1.807) is 0 Å². The van der Waals surface area contributed by atoms with E-state index in [1.807, 2.05) is 13.8 Å². The molecule has 3 N–H and O–H groups in total. The average Bonchev–Trinajstić information content (AvgIpc) is 2.73. The molecule has 0 bridgehead atoms. The molecule has 6 nitrogen and oxygen atoms in total. The van der Waals surface area contributed by atoms with Crippen LogP contribution in [0.2, 0.25) is 0 Å². The zero-order chi connectivity index (χ0) is 15.0. The molecule has 0 spiro atoms. The van der Waals surface area contributed by atoms with Gasteiger partial charge in [-0.1, -0.05) is 0 Å². The number of rotatable bonds is 4. The number of nitrogens with two attached hydrogens (primary N) is 1. The second kappa shape index (κ2) is 5.61. The highest BCUT2D eigenvalue weighted by molar-refractivity contribution is 7.91. The van der Waals surface area contributed by atoms with Crippen molar-refractivity contribution in [3.63, 3.8) is 0 Å². The van der Waals surface area contributed by atoms with Crippen molar-refractivity contribution in [2.24, 2.45) is 5.73 Å². The molecule has 1 heterocycles. The van der Waals surface area contributed by atoms with Gasteiger partial charge in [-0.05, 0) is 33.1 Å². The number of nitrogens with zero attached hydrogens (tertiary/aromatic N) is 1. The average molecular weight is 303 g/mol. The highest BCUT2D eigenvalue weighted by atomic mass is 32.2. The number of carbonyl (C=O) groups excluding carboxylic acids is 1. The molecule has 7 heteroatoms. The van der Waals surface area contributed by atoms with Gasteiger partial charge < -0.3 is 11.1 Å². The molecule has 2 unspecified atom stereocenters. The van der Waals surface area contributed by atoms with Gasteiger partial charge in [0.1, 0.15) is 0 Å². The standard InChI is InChI=1S/C13H25N3O3S/c1-10(2)15-13(12(14)17)4-3-11(9-13)16-5-7-20(18,19)8-6-16/h10-11,15H,3-9H2,1-2H3,(H2,14,17). The van der Waals surface area contributed by atoms with E-state index < -0.39 is 15.4 Å². The summed E-state index contributed by atoms with van der Waals surface area (Å²) in [6.07, 6.45) is 2.30. The maximum absolute atomic E-state index is 11.8. The van der Waals surface area contributed by atoms with Gasteiger partial charge in [-0.15, -0.1) is 0 Å². The van der Waals surface area contributed by atoms with Gasteiger partial charge in [-0.25, -0.2) is 8.42 Å². The third-order valence-electron chi connectivity index (χ3n) is 4.42. The van der Waals surface area contributed by atoms with Crippen LogP contribution in [0.15, 0.2) is 0 Å². The zero-order valence-electron chi connectivity index (χ0n) is 12.3. The van der Waals surface area contributed by atoms with Gasteiger partial charge in [-0.2, -0.15) is 0 Å².